The zero-order valence-electron chi connectivity index (χ0n) is 15.3. The standard InChI is InChI=1S/C21H22ClN5/c1-16-4-2-6-18(14-16)24-20-8-9-23-21(25-20)27-12-10-26(11-13-27)19-7-3-5-17(22)15-19/h2-9,14-15H,10-13H2,1H3,(H,23,24,25). The van der Waals surface area contributed by atoms with E-state index in [-0.39, 0.29) is 0 Å². The lowest BCUT2D eigenvalue weighted by molar-refractivity contribution is 0.640. The first-order chi connectivity index (χ1) is 13.2. The van der Waals surface area contributed by atoms with Gasteiger partial charge in [0.25, 0.3) is 0 Å². The second kappa shape index (κ2) is 7.84. The number of hydrogen-bond acceptors (Lipinski definition) is 5. The van der Waals surface area contributed by atoms with Crippen molar-refractivity contribution < 1.29 is 0 Å². The highest BCUT2D eigenvalue weighted by Crippen LogP contribution is 2.23. The molecule has 0 amide bonds. The van der Waals surface area contributed by atoms with Crippen LogP contribution in [-0.2, 0) is 0 Å². The highest BCUT2D eigenvalue weighted by atomic mass is 35.5. The van der Waals surface area contributed by atoms with Crippen molar-refractivity contribution in [2.45, 2.75) is 6.92 Å². The topological polar surface area (TPSA) is 44.3 Å². The quantitative estimate of drug-likeness (QED) is 0.722. The predicted molar refractivity (Wildman–Crippen MR) is 112 cm³/mol. The van der Waals surface area contributed by atoms with Gasteiger partial charge in [0.15, 0.2) is 0 Å². The van der Waals surface area contributed by atoms with Gasteiger partial charge in [-0.25, -0.2) is 4.98 Å². The zero-order valence-corrected chi connectivity index (χ0v) is 16.0. The van der Waals surface area contributed by atoms with Gasteiger partial charge in [-0.3, -0.25) is 0 Å². The summed E-state index contributed by atoms with van der Waals surface area (Å²) < 4.78 is 0. The van der Waals surface area contributed by atoms with Gasteiger partial charge in [-0.05, 0) is 48.9 Å². The number of halogens is 1. The molecule has 1 fully saturated rings. The van der Waals surface area contributed by atoms with E-state index < -0.39 is 0 Å². The summed E-state index contributed by atoms with van der Waals surface area (Å²) in [6.45, 7) is 5.66. The van der Waals surface area contributed by atoms with Crippen LogP contribution < -0.4 is 15.1 Å². The van der Waals surface area contributed by atoms with Crippen LogP contribution in [0.25, 0.3) is 0 Å². The maximum atomic E-state index is 6.12. The SMILES string of the molecule is Cc1cccc(Nc2ccnc(N3CCN(c4cccc(Cl)c4)CC3)n2)c1. The van der Waals surface area contributed by atoms with Crippen LogP contribution in [0, 0.1) is 6.92 Å². The third kappa shape index (κ3) is 4.31. The smallest absolute Gasteiger partial charge is 0.227 e. The van der Waals surface area contributed by atoms with E-state index in [1.807, 2.05) is 42.6 Å². The molecule has 3 aromatic rings. The van der Waals surface area contributed by atoms with Crippen LogP contribution in [0.2, 0.25) is 5.02 Å². The van der Waals surface area contributed by atoms with Crippen LogP contribution in [0.15, 0.2) is 60.8 Å². The van der Waals surface area contributed by atoms with E-state index in [9.17, 15) is 0 Å². The van der Waals surface area contributed by atoms with Gasteiger partial charge >= 0.3 is 0 Å². The van der Waals surface area contributed by atoms with Crippen LogP contribution in [-0.4, -0.2) is 36.1 Å². The lowest BCUT2D eigenvalue weighted by Crippen LogP contribution is -2.47. The Labute approximate surface area is 164 Å². The molecule has 0 spiro atoms. The Morgan fingerprint density at radius 2 is 1.70 bits per heavy atom. The molecule has 4 rings (SSSR count). The summed E-state index contributed by atoms with van der Waals surface area (Å²) in [6, 6.07) is 18.2. The van der Waals surface area contributed by atoms with Crippen LogP contribution in [0.1, 0.15) is 5.56 Å². The van der Waals surface area contributed by atoms with Crippen molar-refractivity contribution in [2.75, 3.05) is 41.3 Å². The third-order valence-corrected chi connectivity index (χ3v) is 4.90. The summed E-state index contributed by atoms with van der Waals surface area (Å²) in [4.78, 5) is 13.7. The van der Waals surface area contributed by atoms with Gasteiger partial charge in [0.1, 0.15) is 5.82 Å². The minimum absolute atomic E-state index is 0.762. The van der Waals surface area contributed by atoms with Crippen LogP contribution in [0.4, 0.5) is 23.1 Å². The fourth-order valence-corrected chi connectivity index (χ4v) is 3.46. The molecule has 2 heterocycles. The van der Waals surface area contributed by atoms with Crippen molar-refractivity contribution in [1.82, 2.24) is 9.97 Å². The normalized spacial score (nSPS) is 14.3. The molecule has 0 atom stereocenters. The number of nitrogens with one attached hydrogen (secondary N) is 1. The van der Waals surface area contributed by atoms with Crippen molar-refractivity contribution in [3.8, 4) is 0 Å². The minimum Gasteiger partial charge on any atom is -0.368 e. The third-order valence-electron chi connectivity index (χ3n) is 4.67. The maximum absolute atomic E-state index is 6.12. The highest BCUT2D eigenvalue weighted by Gasteiger charge is 2.19. The van der Waals surface area contributed by atoms with Crippen LogP contribution in [0.5, 0.6) is 0 Å². The van der Waals surface area contributed by atoms with E-state index in [2.05, 4.69) is 45.2 Å². The van der Waals surface area contributed by atoms with Crippen molar-refractivity contribution >= 4 is 34.7 Å². The van der Waals surface area contributed by atoms with Crippen molar-refractivity contribution in [3.63, 3.8) is 0 Å². The lowest BCUT2D eigenvalue weighted by Gasteiger charge is -2.36. The first-order valence-corrected chi connectivity index (χ1v) is 9.47. The molecular formula is C21H22ClN5. The number of anilines is 4. The first kappa shape index (κ1) is 17.6. The average molecular weight is 380 g/mol. The van der Waals surface area contributed by atoms with E-state index in [0.717, 1.165) is 54.3 Å². The number of rotatable bonds is 4. The summed E-state index contributed by atoms with van der Waals surface area (Å²) in [7, 11) is 0. The van der Waals surface area contributed by atoms with Gasteiger partial charge < -0.3 is 15.1 Å². The molecule has 0 saturated carbocycles. The van der Waals surface area contributed by atoms with E-state index in [1.165, 1.54) is 5.56 Å². The Morgan fingerprint density at radius 1 is 0.926 bits per heavy atom. The molecule has 1 saturated heterocycles. The summed E-state index contributed by atoms with van der Waals surface area (Å²) in [5.74, 6) is 1.57. The van der Waals surface area contributed by atoms with Gasteiger partial charge in [0, 0.05) is 48.8 Å². The lowest BCUT2D eigenvalue weighted by atomic mass is 10.2. The fraction of sp³-hybridized carbons (Fsp3) is 0.238. The molecular weight excluding hydrogens is 358 g/mol. The molecule has 0 aliphatic carbocycles. The van der Waals surface area contributed by atoms with E-state index in [4.69, 9.17) is 16.6 Å². The van der Waals surface area contributed by atoms with E-state index >= 15 is 0 Å². The largest absolute Gasteiger partial charge is 0.368 e. The monoisotopic (exact) mass is 379 g/mol. The molecule has 0 unspecified atom stereocenters. The van der Waals surface area contributed by atoms with Crippen molar-refractivity contribution in [3.05, 3.63) is 71.4 Å². The van der Waals surface area contributed by atoms with Crippen LogP contribution in [0.3, 0.4) is 0 Å². The second-order valence-corrected chi connectivity index (χ2v) is 7.13. The fourth-order valence-electron chi connectivity index (χ4n) is 3.28. The molecule has 138 valence electrons. The Bertz CT molecular complexity index is 922. The number of hydrogen-bond donors (Lipinski definition) is 1. The number of aromatic nitrogens is 2. The number of benzene rings is 2. The molecule has 1 N–H and O–H groups in total. The molecule has 2 aromatic carbocycles. The summed E-state index contributed by atoms with van der Waals surface area (Å²) in [5.41, 5.74) is 3.41. The van der Waals surface area contributed by atoms with E-state index in [1.54, 1.807) is 0 Å². The molecule has 27 heavy (non-hydrogen) atoms. The van der Waals surface area contributed by atoms with E-state index in [0.29, 0.717) is 0 Å². The van der Waals surface area contributed by atoms with Gasteiger partial charge in [-0.1, -0.05) is 29.8 Å². The molecule has 1 aliphatic rings. The Balaban J connectivity index is 1.42. The Morgan fingerprint density at radius 3 is 2.48 bits per heavy atom. The van der Waals surface area contributed by atoms with Crippen molar-refractivity contribution in [1.29, 1.82) is 0 Å². The molecule has 0 bridgehead atoms. The van der Waals surface area contributed by atoms with Crippen LogP contribution >= 0.6 is 11.6 Å². The van der Waals surface area contributed by atoms with Gasteiger partial charge in [0.05, 0.1) is 0 Å². The summed E-state index contributed by atoms with van der Waals surface area (Å²) in [5, 5.41) is 4.13. The Hall–Kier alpha value is -2.79. The van der Waals surface area contributed by atoms with Gasteiger partial charge in [0.2, 0.25) is 5.95 Å². The van der Waals surface area contributed by atoms with Gasteiger partial charge in [-0.15, -0.1) is 0 Å². The molecule has 0 radical (unpaired) electrons. The summed E-state index contributed by atoms with van der Waals surface area (Å²) in [6.07, 6.45) is 1.81. The summed E-state index contributed by atoms with van der Waals surface area (Å²) >= 11 is 6.12. The number of piperazine rings is 1. The zero-order chi connectivity index (χ0) is 18.6. The molecule has 1 aliphatic heterocycles. The number of aryl methyl sites for hydroxylation is 1. The Kier molecular flexibility index (Phi) is 5.12. The number of nitrogens with zero attached hydrogens (tertiary/aromatic N) is 4. The molecule has 5 nitrogen and oxygen atoms in total. The second-order valence-electron chi connectivity index (χ2n) is 6.69. The molecule has 1 aromatic heterocycles. The van der Waals surface area contributed by atoms with Crippen molar-refractivity contribution in [2.24, 2.45) is 0 Å². The average Bonchev–Trinajstić information content (AvgIpc) is 2.68. The predicted octanol–water partition coefficient (Wildman–Crippen LogP) is 4.51. The highest BCUT2D eigenvalue weighted by molar-refractivity contribution is 6.30. The first-order valence-electron chi connectivity index (χ1n) is 9.09. The molecule has 6 heteroatoms. The van der Waals surface area contributed by atoms with Gasteiger partial charge in [-0.2, -0.15) is 4.98 Å². The maximum Gasteiger partial charge on any atom is 0.227 e. The minimum atomic E-state index is 0.762.